The van der Waals surface area contributed by atoms with Gasteiger partial charge in [0.05, 0.1) is 6.61 Å². The Morgan fingerprint density at radius 1 is 1.21 bits per heavy atom. The van der Waals surface area contributed by atoms with Gasteiger partial charge in [0.2, 0.25) is 0 Å². The predicted octanol–water partition coefficient (Wildman–Crippen LogP) is 2.78. The SMILES string of the molecule is O=C(OCCCBr)N1CCCCCC1. The van der Waals surface area contributed by atoms with Gasteiger partial charge in [-0.25, -0.2) is 4.79 Å². The van der Waals surface area contributed by atoms with Gasteiger partial charge < -0.3 is 9.64 Å². The maximum absolute atomic E-state index is 11.5. The van der Waals surface area contributed by atoms with Gasteiger partial charge in [0.25, 0.3) is 0 Å². The van der Waals surface area contributed by atoms with E-state index < -0.39 is 0 Å². The molecule has 0 aliphatic carbocycles. The van der Waals surface area contributed by atoms with Gasteiger partial charge in [-0.15, -0.1) is 0 Å². The maximum Gasteiger partial charge on any atom is 0.409 e. The summed E-state index contributed by atoms with van der Waals surface area (Å²) in [5, 5.41) is 0.889. The standard InChI is InChI=1S/C10H18BrNO2/c11-6-5-9-14-10(13)12-7-3-1-2-4-8-12/h1-9H2. The fraction of sp³-hybridized carbons (Fsp3) is 0.900. The third-order valence-corrected chi connectivity index (χ3v) is 2.93. The minimum atomic E-state index is -0.132. The third kappa shape index (κ3) is 4.31. The molecule has 0 aromatic heterocycles. The molecule has 0 N–H and O–H groups in total. The van der Waals surface area contributed by atoms with Crippen molar-refractivity contribution in [3.8, 4) is 0 Å². The Morgan fingerprint density at radius 3 is 2.43 bits per heavy atom. The largest absolute Gasteiger partial charge is 0.449 e. The van der Waals surface area contributed by atoms with E-state index in [9.17, 15) is 4.79 Å². The molecule has 0 aromatic carbocycles. The number of carbonyl (C=O) groups excluding carboxylic acids is 1. The lowest BCUT2D eigenvalue weighted by Crippen LogP contribution is -2.32. The van der Waals surface area contributed by atoms with Gasteiger partial charge in [0.15, 0.2) is 0 Å². The normalized spacial score (nSPS) is 17.6. The molecule has 4 heteroatoms. The molecule has 0 unspecified atom stereocenters. The molecule has 0 bridgehead atoms. The number of carbonyl (C=O) groups is 1. The highest BCUT2D eigenvalue weighted by atomic mass is 79.9. The molecule has 1 fully saturated rings. The van der Waals surface area contributed by atoms with Gasteiger partial charge >= 0.3 is 6.09 Å². The van der Waals surface area contributed by atoms with E-state index >= 15 is 0 Å². The summed E-state index contributed by atoms with van der Waals surface area (Å²) in [5.74, 6) is 0. The molecule has 3 nitrogen and oxygen atoms in total. The number of amides is 1. The molecule has 1 heterocycles. The lowest BCUT2D eigenvalue weighted by atomic mass is 10.2. The number of halogens is 1. The molecule has 1 saturated heterocycles. The molecule has 1 aliphatic heterocycles. The van der Waals surface area contributed by atoms with Gasteiger partial charge in [0, 0.05) is 18.4 Å². The number of hydrogen-bond acceptors (Lipinski definition) is 2. The van der Waals surface area contributed by atoms with Crippen molar-refractivity contribution >= 4 is 22.0 Å². The summed E-state index contributed by atoms with van der Waals surface area (Å²) in [5.41, 5.74) is 0. The summed E-state index contributed by atoms with van der Waals surface area (Å²) in [6.45, 7) is 2.26. The first-order valence-corrected chi connectivity index (χ1v) is 6.44. The van der Waals surface area contributed by atoms with E-state index in [2.05, 4.69) is 15.9 Å². The molecule has 1 amide bonds. The zero-order valence-electron chi connectivity index (χ0n) is 8.51. The highest BCUT2D eigenvalue weighted by Crippen LogP contribution is 2.10. The van der Waals surface area contributed by atoms with Crippen molar-refractivity contribution in [3.63, 3.8) is 0 Å². The fourth-order valence-corrected chi connectivity index (χ4v) is 1.79. The molecule has 0 atom stereocenters. The Bertz CT molecular complexity index is 168. The van der Waals surface area contributed by atoms with Crippen molar-refractivity contribution in [1.29, 1.82) is 0 Å². The van der Waals surface area contributed by atoms with Crippen LogP contribution in [0.1, 0.15) is 32.1 Å². The van der Waals surface area contributed by atoms with Crippen molar-refractivity contribution in [3.05, 3.63) is 0 Å². The smallest absolute Gasteiger partial charge is 0.409 e. The number of hydrogen-bond donors (Lipinski definition) is 0. The molecule has 1 aliphatic rings. The number of likely N-dealkylation sites (tertiary alicyclic amines) is 1. The molecule has 82 valence electrons. The summed E-state index contributed by atoms with van der Waals surface area (Å²) in [4.78, 5) is 13.3. The van der Waals surface area contributed by atoms with Crippen LogP contribution >= 0.6 is 15.9 Å². The average Bonchev–Trinajstić information content (AvgIpc) is 2.46. The van der Waals surface area contributed by atoms with Crippen molar-refractivity contribution in [1.82, 2.24) is 4.90 Å². The van der Waals surface area contributed by atoms with Crippen LogP contribution in [-0.4, -0.2) is 36.0 Å². The minimum absolute atomic E-state index is 0.132. The Hall–Kier alpha value is -0.250. The highest BCUT2D eigenvalue weighted by molar-refractivity contribution is 9.09. The van der Waals surface area contributed by atoms with Crippen molar-refractivity contribution in [2.45, 2.75) is 32.1 Å². The summed E-state index contributed by atoms with van der Waals surface area (Å²) < 4.78 is 5.13. The Labute approximate surface area is 93.9 Å². The van der Waals surface area contributed by atoms with Gasteiger partial charge in [-0.2, -0.15) is 0 Å². The molecule has 0 spiro atoms. The van der Waals surface area contributed by atoms with Gasteiger partial charge in [-0.3, -0.25) is 0 Å². The van der Waals surface area contributed by atoms with Crippen LogP contribution in [0.2, 0.25) is 0 Å². The van der Waals surface area contributed by atoms with Crippen LogP contribution in [0.25, 0.3) is 0 Å². The number of rotatable bonds is 3. The second-order valence-corrected chi connectivity index (χ2v) is 4.35. The Balaban J connectivity index is 2.20. The quantitative estimate of drug-likeness (QED) is 0.579. The number of nitrogens with zero attached hydrogens (tertiary/aromatic N) is 1. The second kappa shape index (κ2) is 7.10. The van der Waals surface area contributed by atoms with Crippen LogP contribution in [0, 0.1) is 0 Å². The van der Waals surface area contributed by atoms with E-state index in [1.807, 2.05) is 4.90 Å². The van der Waals surface area contributed by atoms with Crippen molar-refractivity contribution in [2.24, 2.45) is 0 Å². The first-order valence-electron chi connectivity index (χ1n) is 5.32. The highest BCUT2D eigenvalue weighted by Gasteiger charge is 2.15. The summed E-state index contributed by atoms with van der Waals surface area (Å²) in [6.07, 6.45) is 5.48. The van der Waals surface area contributed by atoms with Gasteiger partial charge in [0.1, 0.15) is 0 Å². The predicted molar refractivity (Wildman–Crippen MR) is 59.8 cm³/mol. The summed E-state index contributed by atoms with van der Waals surface area (Å²) in [7, 11) is 0. The van der Waals surface area contributed by atoms with E-state index in [-0.39, 0.29) is 6.09 Å². The van der Waals surface area contributed by atoms with E-state index in [1.165, 1.54) is 12.8 Å². The molecule has 14 heavy (non-hydrogen) atoms. The lowest BCUT2D eigenvalue weighted by Gasteiger charge is -2.19. The zero-order chi connectivity index (χ0) is 10.2. The zero-order valence-corrected chi connectivity index (χ0v) is 10.1. The van der Waals surface area contributed by atoms with Crippen LogP contribution in [0.5, 0.6) is 0 Å². The first kappa shape index (κ1) is 11.8. The lowest BCUT2D eigenvalue weighted by molar-refractivity contribution is 0.104. The fourth-order valence-electron chi connectivity index (χ4n) is 1.56. The summed E-state index contributed by atoms with van der Waals surface area (Å²) in [6, 6.07) is 0. The van der Waals surface area contributed by atoms with Crippen LogP contribution in [0.4, 0.5) is 4.79 Å². The second-order valence-electron chi connectivity index (χ2n) is 3.56. The molecular formula is C10H18BrNO2. The van der Waals surface area contributed by atoms with Crippen molar-refractivity contribution < 1.29 is 9.53 Å². The van der Waals surface area contributed by atoms with Gasteiger partial charge in [-0.05, 0) is 19.3 Å². The first-order chi connectivity index (χ1) is 6.84. The van der Waals surface area contributed by atoms with Crippen LogP contribution in [0.15, 0.2) is 0 Å². The monoisotopic (exact) mass is 263 g/mol. The van der Waals surface area contributed by atoms with Crippen LogP contribution in [0.3, 0.4) is 0 Å². The Kier molecular flexibility index (Phi) is 5.99. The topological polar surface area (TPSA) is 29.5 Å². The third-order valence-electron chi connectivity index (χ3n) is 2.37. The molecule has 0 radical (unpaired) electrons. The Morgan fingerprint density at radius 2 is 1.86 bits per heavy atom. The average molecular weight is 264 g/mol. The van der Waals surface area contributed by atoms with E-state index in [4.69, 9.17) is 4.74 Å². The van der Waals surface area contributed by atoms with E-state index in [0.717, 1.165) is 37.7 Å². The molecule has 0 saturated carbocycles. The van der Waals surface area contributed by atoms with Crippen molar-refractivity contribution in [2.75, 3.05) is 25.0 Å². The summed E-state index contributed by atoms with van der Waals surface area (Å²) >= 11 is 3.30. The molecular weight excluding hydrogens is 246 g/mol. The molecule has 0 aromatic rings. The van der Waals surface area contributed by atoms with Crippen LogP contribution < -0.4 is 0 Å². The van der Waals surface area contributed by atoms with Crippen LogP contribution in [-0.2, 0) is 4.74 Å². The maximum atomic E-state index is 11.5. The minimum Gasteiger partial charge on any atom is -0.449 e. The van der Waals surface area contributed by atoms with Gasteiger partial charge in [-0.1, -0.05) is 28.8 Å². The number of ether oxygens (including phenoxy) is 1. The van der Waals surface area contributed by atoms with E-state index in [1.54, 1.807) is 0 Å². The molecule has 1 rings (SSSR count). The van der Waals surface area contributed by atoms with E-state index in [0.29, 0.717) is 6.61 Å². The number of alkyl halides is 1.